The average Bonchev–Trinajstić information content (AvgIpc) is 2.46. The van der Waals surface area contributed by atoms with Crippen molar-refractivity contribution in [3.8, 4) is 5.75 Å². The fraction of sp³-hybridized carbons (Fsp3) is 0.0625. The van der Waals surface area contributed by atoms with Crippen molar-refractivity contribution in [3.05, 3.63) is 71.0 Å². The molecule has 19 heavy (non-hydrogen) atoms. The highest BCUT2D eigenvalue weighted by Gasteiger charge is 1.99. The van der Waals surface area contributed by atoms with E-state index in [1.165, 1.54) is 10.8 Å². The second-order valence-electron chi connectivity index (χ2n) is 4.30. The lowest BCUT2D eigenvalue weighted by atomic mass is 10.1. The van der Waals surface area contributed by atoms with Crippen LogP contribution in [0.4, 0.5) is 0 Å². The zero-order chi connectivity index (χ0) is 13.1. The van der Waals surface area contributed by atoms with Crippen molar-refractivity contribution in [1.29, 1.82) is 0 Å². The normalized spacial score (nSPS) is 10.6. The Labute approximate surface area is 120 Å². The molecule has 2 nitrogen and oxygen atoms in total. The number of hydrogen-bond acceptors (Lipinski definition) is 2. The molecule has 0 aliphatic carbocycles. The van der Waals surface area contributed by atoms with Crippen molar-refractivity contribution in [2.45, 2.75) is 6.61 Å². The van der Waals surface area contributed by atoms with Gasteiger partial charge in [-0.1, -0.05) is 28.1 Å². The molecule has 2 aromatic carbocycles. The SMILES string of the molecule is Brc1ccc2cc(OCc3ccncc3)ccc2c1. The van der Waals surface area contributed by atoms with Crippen molar-refractivity contribution < 1.29 is 4.74 Å². The Kier molecular flexibility index (Phi) is 3.47. The Morgan fingerprint density at radius 2 is 1.63 bits per heavy atom. The van der Waals surface area contributed by atoms with Crippen molar-refractivity contribution >= 4 is 26.7 Å². The number of rotatable bonds is 3. The van der Waals surface area contributed by atoms with Crippen LogP contribution in [-0.4, -0.2) is 4.98 Å². The third-order valence-corrected chi connectivity index (χ3v) is 3.42. The van der Waals surface area contributed by atoms with E-state index in [2.05, 4.69) is 45.2 Å². The van der Waals surface area contributed by atoms with Gasteiger partial charge in [-0.2, -0.15) is 0 Å². The molecule has 0 aliphatic rings. The summed E-state index contributed by atoms with van der Waals surface area (Å²) in [5.41, 5.74) is 1.12. The highest BCUT2D eigenvalue weighted by Crippen LogP contribution is 2.24. The fourth-order valence-electron chi connectivity index (χ4n) is 1.93. The van der Waals surface area contributed by atoms with Gasteiger partial charge in [0.15, 0.2) is 0 Å². The number of halogens is 1. The molecular weight excluding hydrogens is 302 g/mol. The molecule has 0 atom stereocenters. The molecule has 3 rings (SSSR count). The molecule has 0 aliphatic heterocycles. The molecule has 0 saturated carbocycles. The van der Waals surface area contributed by atoms with Crippen LogP contribution < -0.4 is 4.74 Å². The van der Waals surface area contributed by atoms with Gasteiger partial charge in [0.1, 0.15) is 12.4 Å². The summed E-state index contributed by atoms with van der Waals surface area (Å²) in [5, 5.41) is 2.38. The molecule has 1 heterocycles. The van der Waals surface area contributed by atoms with Crippen molar-refractivity contribution in [1.82, 2.24) is 4.98 Å². The van der Waals surface area contributed by atoms with Crippen LogP contribution in [-0.2, 0) is 6.61 Å². The summed E-state index contributed by atoms with van der Waals surface area (Å²) >= 11 is 3.48. The Hall–Kier alpha value is -1.87. The predicted molar refractivity (Wildman–Crippen MR) is 80.2 cm³/mol. The van der Waals surface area contributed by atoms with E-state index in [1.54, 1.807) is 12.4 Å². The van der Waals surface area contributed by atoms with Crippen LogP contribution in [0.25, 0.3) is 10.8 Å². The molecular formula is C16H12BrNO. The largest absolute Gasteiger partial charge is 0.489 e. The molecule has 0 amide bonds. The molecule has 0 radical (unpaired) electrons. The quantitative estimate of drug-likeness (QED) is 0.706. The minimum absolute atomic E-state index is 0.560. The molecule has 1 aromatic heterocycles. The van der Waals surface area contributed by atoms with Gasteiger partial charge in [-0.25, -0.2) is 0 Å². The van der Waals surface area contributed by atoms with Gasteiger partial charge >= 0.3 is 0 Å². The van der Waals surface area contributed by atoms with E-state index < -0.39 is 0 Å². The van der Waals surface area contributed by atoms with Crippen molar-refractivity contribution in [3.63, 3.8) is 0 Å². The molecule has 0 bridgehead atoms. The van der Waals surface area contributed by atoms with Gasteiger partial charge < -0.3 is 4.74 Å². The Bertz CT molecular complexity index is 697. The summed E-state index contributed by atoms with van der Waals surface area (Å²) < 4.78 is 6.88. The molecule has 0 saturated heterocycles. The summed E-state index contributed by atoms with van der Waals surface area (Å²) in [4.78, 5) is 3.99. The van der Waals surface area contributed by atoms with Crippen LogP contribution in [0.3, 0.4) is 0 Å². The molecule has 0 unspecified atom stereocenters. The summed E-state index contributed by atoms with van der Waals surface area (Å²) in [5.74, 6) is 0.881. The number of benzene rings is 2. The van der Waals surface area contributed by atoms with Crippen LogP contribution >= 0.6 is 15.9 Å². The van der Waals surface area contributed by atoms with E-state index in [1.807, 2.05) is 24.3 Å². The number of hydrogen-bond donors (Lipinski definition) is 0. The van der Waals surface area contributed by atoms with Crippen LogP contribution in [0.1, 0.15) is 5.56 Å². The van der Waals surface area contributed by atoms with Crippen molar-refractivity contribution in [2.75, 3.05) is 0 Å². The number of pyridine rings is 1. The van der Waals surface area contributed by atoms with Crippen LogP contribution in [0.15, 0.2) is 65.4 Å². The van der Waals surface area contributed by atoms with E-state index in [-0.39, 0.29) is 0 Å². The van der Waals surface area contributed by atoms with E-state index in [0.717, 1.165) is 15.8 Å². The highest BCUT2D eigenvalue weighted by molar-refractivity contribution is 9.10. The van der Waals surface area contributed by atoms with E-state index in [4.69, 9.17) is 4.74 Å². The third kappa shape index (κ3) is 2.93. The van der Waals surface area contributed by atoms with Gasteiger partial charge in [0.25, 0.3) is 0 Å². The van der Waals surface area contributed by atoms with Crippen LogP contribution in [0, 0.1) is 0 Å². The van der Waals surface area contributed by atoms with E-state index >= 15 is 0 Å². The lowest BCUT2D eigenvalue weighted by molar-refractivity contribution is 0.306. The molecule has 3 aromatic rings. The molecule has 94 valence electrons. The van der Waals surface area contributed by atoms with Gasteiger partial charge in [-0.3, -0.25) is 4.98 Å². The topological polar surface area (TPSA) is 22.1 Å². The van der Waals surface area contributed by atoms with Gasteiger partial charge in [0.05, 0.1) is 0 Å². The highest BCUT2D eigenvalue weighted by atomic mass is 79.9. The summed E-state index contributed by atoms with van der Waals surface area (Å²) in [6.07, 6.45) is 3.55. The second-order valence-corrected chi connectivity index (χ2v) is 5.21. The molecule has 3 heteroatoms. The maximum atomic E-state index is 5.79. The molecule has 0 spiro atoms. The molecule has 0 N–H and O–H groups in total. The predicted octanol–water partition coefficient (Wildman–Crippen LogP) is 4.58. The number of aromatic nitrogens is 1. The first-order valence-electron chi connectivity index (χ1n) is 6.02. The fourth-order valence-corrected chi connectivity index (χ4v) is 2.31. The summed E-state index contributed by atoms with van der Waals surface area (Å²) in [7, 11) is 0. The Balaban J connectivity index is 1.80. The lowest BCUT2D eigenvalue weighted by Crippen LogP contribution is -1.95. The maximum absolute atomic E-state index is 5.79. The minimum atomic E-state index is 0.560. The van der Waals surface area contributed by atoms with E-state index in [0.29, 0.717) is 6.61 Å². The van der Waals surface area contributed by atoms with Crippen LogP contribution in [0.5, 0.6) is 5.75 Å². The van der Waals surface area contributed by atoms with Gasteiger partial charge in [-0.15, -0.1) is 0 Å². The first kappa shape index (κ1) is 12.2. The minimum Gasteiger partial charge on any atom is -0.489 e. The van der Waals surface area contributed by atoms with E-state index in [9.17, 15) is 0 Å². The smallest absolute Gasteiger partial charge is 0.120 e. The number of ether oxygens (including phenoxy) is 1. The number of nitrogens with zero attached hydrogens (tertiary/aromatic N) is 1. The Morgan fingerprint density at radius 3 is 2.47 bits per heavy atom. The molecule has 0 fully saturated rings. The average molecular weight is 314 g/mol. The van der Waals surface area contributed by atoms with Gasteiger partial charge in [0, 0.05) is 16.9 Å². The summed E-state index contributed by atoms with van der Waals surface area (Å²) in [6.45, 7) is 0.560. The Morgan fingerprint density at radius 1 is 0.895 bits per heavy atom. The maximum Gasteiger partial charge on any atom is 0.120 e. The zero-order valence-corrected chi connectivity index (χ0v) is 11.8. The second kappa shape index (κ2) is 5.41. The lowest BCUT2D eigenvalue weighted by Gasteiger charge is -2.07. The monoisotopic (exact) mass is 313 g/mol. The summed E-state index contributed by atoms with van der Waals surface area (Å²) in [6, 6.07) is 16.3. The first-order valence-corrected chi connectivity index (χ1v) is 6.81. The zero-order valence-electron chi connectivity index (χ0n) is 10.2. The third-order valence-electron chi connectivity index (χ3n) is 2.93. The van der Waals surface area contributed by atoms with Crippen LogP contribution in [0.2, 0.25) is 0 Å². The van der Waals surface area contributed by atoms with Gasteiger partial charge in [0.2, 0.25) is 0 Å². The number of fused-ring (bicyclic) bond motifs is 1. The van der Waals surface area contributed by atoms with Gasteiger partial charge in [-0.05, 0) is 52.7 Å². The van der Waals surface area contributed by atoms with Crippen molar-refractivity contribution in [2.24, 2.45) is 0 Å². The first-order chi connectivity index (χ1) is 9.31. The standard InChI is InChI=1S/C16H12BrNO/c17-15-3-1-14-10-16(4-2-13(14)9-15)19-11-12-5-7-18-8-6-12/h1-10H,11H2.